The fraction of sp³-hybridized carbons (Fsp3) is 0.200. The molecule has 0 saturated heterocycles. The van der Waals surface area contributed by atoms with Crippen LogP contribution in [-0.4, -0.2) is 22.2 Å². The maximum absolute atomic E-state index is 13.5. The van der Waals surface area contributed by atoms with Crippen molar-refractivity contribution >= 4 is 27.9 Å². The first-order valence-corrected chi connectivity index (χ1v) is 6.88. The molecule has 0 radical (unpaired) electrons. The van der Waals surface area contributed by atoms with E-state index in [-0.39, 0.29) is 17.6 Å². The van der Waals surface area contributed by atoms with Crippen molar-refractivity contribution in [2.24, 2.45) is 0 Å². The molecule has 1 unspecified atom stereocenters. The van der Waals surface area contributed by atoms with Crippen molar-refractivity contribution in [1.82, 2.24) is 0 Å². The Hall–Kier alpha value is -1.95. The molecular weight excluding hydrogens is 343 g/mol. The van der Waals surface area contributed by atoms with Crippen molar-refractivity contribution in [3.05, 3.63) is 57.4 Å². The molecule has 0 fully saturated rings. The summed E-state index contributed by atoms with van der Waals surface area (Å²) in [5.74, 6) is -2.98. The molecule has 21 heavy (non-hydrogen) atoms. The van der Waals surface area contributed by atoms with Gasteiger partial charge in [-0.05, 0) is 36.3 Å². The van der Waals surface area contributed by atoms with Gasteiger partial charge in [0.1, 0.15) is 11.2 Å². The predicted molar refractivity (Wildman–Crippen MR) is 77.5 cm³/mol. The van der Waals surface area contributed by atoms with E-state index < -0.39 is 23.2 Å². The normalized spacial score (nSPS) is 21.5. The van der Waals surface area contributed by atoms with Gasteiger partial charge in [-0.2, -0.15) is 0 Å². The van der Waals surface area contributed by atoms with E-state index in [4.69, 9.17) is 0 Å². The zero-order valence-electron chi connectivity index (χ0n) is 11.1. The lowest BCUT2D eigenvalue weighted by molar-refractivity contribution is -0.142. The van der Waals surface area contributed by atoms with E-state index in [0.29, 0.717) is 10.0 Å². The third kappa shape index (κ3) is 2.63. The minimum atomic E-state index is -1.60. The van der Waals surface area contributed by atoms with Crippen molar-refractivity contribution in [3.8, 4) is 0 Å². The van der Waals surface area contributed by atoms with Crippen LogP contribution >= 0.6 is 15.9 Å². The summed E-state index contributed by atoms with van der Waals surface area (Å²) in [6, 6.07) is 3.73. The molecule has 6 heteroatoms. The third-order valence-corrected chi connectivity index (χ3v) is 4.29. The molecule has 0 bridgehead atoms. The average molecular weight is 355 g/mol. The minimum absolute atomic E-state index is 0.0102. The van der Waals surface area contributed by atoms with E-state index in [1.54, 1.807) is 6.92 Å². The number of hydrogen-bond acceptors (Lipinski definition) is 2. The molecule has 0 saturated carbocycles. The summed E-state index contributed by atoms with van der Waals surface area (Å²) in [5.41, 5.74) is -0.908. The fourth-order valence-electron chi connectivity index (χ4n) is 2.38. The third-order valence-electron chi connectivity index (χ3n) is 3.60. The van der Waals surface area contributed by atoms with Gasteiger partial charge in [-0.3, -0.25) is 4.79 Å². The number of rotatable bonds is 3. The molecule has 110 valence electrons. The molecule has 0 aliphatic heterocycles. The van der Waals surface area contributed by atoms with E-state index in [2.05, 4.69) is 15.9 Å². The van der Waals surface area contributed by atoms with Gasteiger partial charge >= 0.3 is 11.9 Å². The predicted octanol–water partition coefficient (Wildman–Crippen LogP) is 3.27. The molecule has 0 spiro atoms. The maximum Gasteiger partial charge on any atom is 0.331 e. The van der Waals surface area contributed by atoms with Crippen LogP contribution in [0.25, 0.3) is 0 Å². The number of carbonyl (C=O) groups is 2. The number of carboxylic acids is 2. The molecule has 1 aromatic carbocycles. The summed E-state index contributed by atoms with van der Waals surface area (Å²) in [5, 5.41) is 18.9. The SMILES string of the molecule is CC1=C(C(=O)O)CC(C(=O)O)(c2cc(F)ccc2Br)C=C1. The summed E-state index contributed by atoms with van der Waals surface area (Å²) in [7, 11) is 0. The van der Waals surface area contributed by atoms with E-state index in [0.717, 1.165) is 6.07 Å². The van der Waals surface area contributed by atoms with Crippen LogP contribution in [-0.2, 0) is 15.0 Å². The second-order valence-electron chi connectivity index (χ2n) is 4.88. The van der Waals surface area contributed by atoms with Crippen LogP contribution in [0.2, 0.25) is 0 Å². The van der Waals surface area contributed by atoms with Crippen LogP contribution in [0.3, 0.4) is 0 Å². The van der Waals surface area contributed by atoms with Gasteiger partial charge in [-0.1, -0.05) is 28.1 Å². The Morgan fingerprint density at radius 1 is 1.33 bits per heavy atom. The molecule has 4 nitrogen and oxygen atoms in total. The van der Waals surface area contributed by atoms with Crippen molar-refractivity contribution < 1.29 is 24.2 Å². The van der Waals surface area contributed by atoms with Gasteiger partial charge in [0.2, 0.25) is 0 Å². The monoisotopic (exact) mass is 354 g/mol. The molecule has 0 aromatic heterocycles. The molecule has 1 atom stereocenters. The summed E-state index contributed by atoms with van der Waals surface area (Å²) < 4.78 is 13.9. The van der Waals surface area contributed by atoms with Crippen LogP contribution in [0.15, 0.2) is 46.0 Å². The Morgan fingerprint density at radius 3 is 2.57 bits per heavy atom. The maximum atomic E-state index is 13.5. The van der Waals surface area contributed by atoms with Gasteiger partial charge < -0.3 is 10.2 Å². The Bertz CT molecular complexity index is 693. The van der Waals surface area contributed by atoms with Gasteiger partial charge in [0, 0.05) is 16.5 Å². The molecule has 0 amide bonds. The zero-order valence-corrected chi connectivity index (χ0v) is 12.6. The van der Waals surface area contributed by atoms with E-state index in [1.807, 2.05) is 0 Å². The van der Waals surface area contributed by atoms with Gasteiger partial charge in [0.15, 0.2) is 0 Å². The Balaban J connectivity index is 2.65. The zero-order chi connectivity index (χ0) is 15.8. The highest BCUT2D eigenvalue weighted by atomic mass is 79.9. The summed E-state index contributed by atoms with van der Waals surface area (Å²) in [6.45, 7) is 1.60. The second-order valence-corrected chi connectivity index (χ2v) is 5.73. The van der Waals surface area contributed by atoms with Crippen LogP contribution in [0.4, 0.5) is 4.39 Å². The van der Waals surface area contributed by atoms with Gasteiger partial charge in [0.05, 0.1) is 0 Å². The van der Waals surface area contributed by atoms with Crippen LogP contribution in [0.1, 0.15) is 18.9 Å². The Kier molecular flexibility index (Phi) is 4.00. The minimum Gasteiger partial charge on any atom is -0.480 e. The molecule has 1 aliphatic rings. The van der Waals surface area contributed by atoms with Crippen molar-refractivity contribution in [1.29, 1.82) is 0 Å². The van der Waals surface area contributed by atoms with E-state index in [1.165, 1.54) is 24.3 Å². The first-order chi connectivity index (χ1) is 9.78. The molecule has 2 N–H and O–H groups in total. The Labute approximate surface area is 128 Å². The quantitative estimate of drug-likeness (QED) is 0.873. The van der Waals surface area contributed by atoms with Crippen molar-refractivity contribution in [3.63, 3.8) is 0 Å². The smallest absolute Gasteiger partial charge is 0.331 e. The molecule has 0 heterocycles. The highest BCUT2D eigenvalue weighted by Crippen LogP contribution is 2.41. The van der Waals surface area contributed by atoms with Crippen molar-refractivity contribution in [2.45, 2.75) is 18.8 Å². The number of allylic oxidation sites excluding steroid dienone is 2. The first-order valence-electron chi connectivity index (χ1n) is 6.09. The molecule has 1 aliphatic carbocycles. The average Bonchev–Trinajstić information content (AvgIpc) is 2.42. The summed E-state index contributed by atoms with van der Waals surface area (Å²) in [4.78, 5) is 23.1. The van der Waals surface area contributed by atoms with Crippen molar-refractivity contribution in [2.75, 3.05) is 0 Å². The van der Waals surface area contributed by atoms with Crippen LogP contribution < -0.4 is 0 Å². The van der Waals surface area contributed by atoms with Crippen LogP contribution in [0.5, 0.6) is 0 Å². The lowest BCUT2D eigenvalue weighted by Crippen LogP contribution is -2.37. The standard InChI is InChI=1S/C15H12BrFO4/c1-8-4-5-15(14(20)21,7-10(8)13(18)19)11-6-9(17)2-3-12(11)16/h2-6H,7H2,1H3,(H,18,19)(H,20,21). The number of benzene rings is 1. The number of hydrogen-bond donors (Lipinski definition) is 2. The number of halogens is 2. The number of carboxylic acid groups (broad SMARTS) is 2. The first kappa shape index (κ1) is 15.4. The topological polar surface area (TPSA) is 74.6 Å². The van der Waals surface area contributed by atoms with E-state index in [9.17, 15) is 24.2 Å². The fourth-order valence-corrected chi connectivity index (χ4v) is 2.98. The largest absolute Gasteiger partial charge is 0.480 e. The van der Waals surface area contributed by atoms with Gasteiger partial charge in [-0.15, -0.1) is 0 Å². The molecule has 1 aromatic rings. The lowest BCUT2D eigenvalue weighted by atomic mass is 9.71. The van der Waals surface area contributed by atoms with Gasteiger partial charge in [0.25, 0.3) is 0 Å². The Morgan fingerprint density at radius 2 is 2.00 bits per heavy atom. The number of aliphatic carboxylic acids is 2. The lowest BCUT2D eigenvalue weighted by Gasteiger charge is -2.31. The highest BCUT2D eigenvalue weighted by Gasteiger charge is 2.43. The summed E-state index contributed by atoms with van der Waals surface area (Å²) >= 11 is 3.21. The molecule has 2 rings (SSSR count). The summed E-state index contributed by atoms with van der Waals surface area (Å²) in [6.07, 6.45) is 2.64. The second kappa shape index (κ2) is 5.44. The van der Waals surface area contributed by atoms with Gasteiger partial charge in [-0.25, -0.2) is 9.18 Å². The van der Waals surface area contributed by atoms with E-state index >= 15 is 0 Å². The van der Waals surface area contributed by atoms with Crippen LogP contribution in [0, 0.1) is 5.82 Å². The molecular formula is C15H12BrFO4. The highest BCUT2D eigenvalue weighted by molar-refractivity contribution is 9.10.